The first kappa shape index (κ1) is 9.92. The van der Waals surface area contributed by atoms with Gasteiger partial charge in [-0.1, -0.05) is 20.8 Å². The number of nitrogens with one attached hydrogen (secondary N) is 1. The van der Waals surface area contributed by atoms with E-state index in [9.17, 15) is 0 Å². The van der Waals surface area contributed by atoms with Gasteiger partial charge in [0.05, 0.1) is 0 Å². The van der Waals surface area contributed by atoms with Gasteiger partial charge in [-0.05, 0) is 18.9 Å². The van der Waals surface area contributed by atoms with Crippen LogP contribution in [0.25, 0.3) is 0 Å². The molecular formula is C8H20N2. The van der Waals surface area contributed by atoms with Crippen molar-refractivity contribution in [1.29, 1.82) is 0 Å². The highest BCUT2D eigenvalue weighted by molar-refractivity contribution is 4.67. The Morgan fingerprint density at radius 3 is 2.40 bits per heavy atom. The largest absolute Gasteiger partial charge is 0.326 e. The molecule has 0 saturated carbocycles. The summed E-state index contributed by atoms with van der Waals surface area (Å²) in [6.07, 6.45) is 1.19. The minimum absolute atomic E-state index is 0.312. The highest BCUT2D eigenvalue weighted by atomic mass is 14.9. The molecule has 0 aliphatic carbocycles. The zero-order chi connectivity index (χ0) is 7.98. The molecule has 0 radical (unpaired) electrons. The fourth-order valence-corrected chi connectivity index (χ4v) is 0.681. The van der Waals surface area contributed by atoms with E-state index < -0.39 is 0 Å². The van der Waals surface area contributed by atoms with Gasteiger partial charge in [0.15, 0.2) is 0 Å². The van der Waals surface area contributed by atoms with Gasteiger partial charge in [-0.25, -0.2) is 0 Å². The molecule has 2 heteroatoms. The van der Waals surface area contributed by atoms with Crippen molar-refractivity contribution < 1.29 is 0 Å². The number of hydrogen-bond donors (Lipinski definition) is 2. The normalized spacial score (nSPS) is 14.1. The summed E-state index contributed by atoms with van der Waals surface area (Å²) in [4.78, 5) is 0. The average molecular weight is 144 g/mol. The molecule has 0 aromatic rings. The van der Waals surface area contributed by atoms with Gasteiger partial charge in [0.25, 0.3) is 0 Å². The van der Waals surface area contributed by atoms with Crippen LogP contribution in [-0.4, -0.2) is 19.1 Å². The molecule has 0 aliphatic heterocycles. The van der Waals surface area contributed by atoms with Crippen LogP contribution in [0.2, 0.25) is 0 Å². The number of nitrogens with two attached hydrogens (primary N) is 1. The predicted octanol–water partition coefficient (Wildman–Crippen LogP) is 0.969. The summed E-state index contributed by atoms with van der Waals surface area (Å²) >= 11 is 0. The van der Waals surface area contributed by atoms with Gasteiger partial charge in [-0.2, -0.15) is 0 Å². The predicted molar refractivity (Wildman–Crippen MR) is 46.0 cm³/mol. The first-order valence-electron chi connectivity index (χ1n) is 4.14. The quantitative estimate of drug-likeness (QED) is 0.564. The number of hydrogen-bond acceptors (Lipinski definition) is 2. The molecule has 0 aromatic carbocycles. The maximum absolute atomic E-state index is 5.79. The Kier molecular flexibility index (Phi) is 5.64. The summed E-state index contributed by atoms with van der Waals surface area (Å²) in [5, 5.41) is 3.29. The lowest BCUT2D eigenvalue weighted by molar-refractivity contribution is 0.459. The van der Waals surface area contributed by atoms with Crippen LogP contribution in [0.5, 0.6) is 0 Å². The Morgan fingerprint density at radius 1 is 1.40 bits per heavy atom. The molecule has 0 rings (SSSR count). The summed E-state index contributed by atoms with van der Waals surface area (Å²) in [5.41, 5.74) is 5.79. The van der Waals surface area contributed by atoms with E-state index in [0.29, 0.717) is 12.0 Å². The molecule has 0 spiro atoms. The van der Waals surface area contributed by atoms with E-state index in [4.69, 9.17) is 5.73 Å². The molecule has 62 valence electrons. The molecule has 0 heterocycles. The van der Waals surface area contributed by atoms with E-state index in [2.05, 4.69) is 26.1 Å². The van der Waals surface area contributed by atoms with E-state index in [1.165, 1.54) is 6.42 Å². The minimum Gasteiger partial charge on any atom is -0.326 e. The molecule has 2 nitrogen and oxygen atoms in total. The Labute approximate surface area is 64.2 Å². The van der Waals surface area contributed by atoms with Crippen molar-refractivity contribution in [2.75, 3.05) is 13.1 Å². The van der Waals surface area contributed by atoms with Crippen molar-refractivity contribution in [2.24, 2.45) is 11.7 Å². The topological polar surface area (TPSA) is 38.0 Å². The van der Waals surface area contributed by atoms with Crippen LogP contribution in [0.3, 0.4) is 0 Å². The third-order valence-corrected chi connectivity index (χ3v) is 1.66. The Balaban J connectivity index is 3.13. The second-order valence-electron chi connectivity index (χ2n) is 3.11. The Bertz CT molecular complexity index is 71.7. The van der Waals surface area contributed by atoms with E-state index in [1.807, 2.05) is 0 Å². The van der Waals surface area contributed by atoms with Gasteiger partial charge in [0, 0.05) is 12.6 Å². The smallest absolute Gasteiger partial charge is 0.0188 e. The van der Waals surface area contributed by atoms with Crippen LogP contribution in [-0.2, 0) is 0 Å². The highest BCUT2D eigenvalue weighted by Gasteiger charge is 2.04. The lowest BCUT2D eigenvalue weighted by atomic mass is 10.1. The van der Waals surface area contributed by atoms with E-state index in [0.717, 1.165) is 13.1 Å². The maximum Gasteiger partial charge on any atom is 0.0188 e. The van der Waals surface area contributed by atoms with Crippen LogP contribution in [0.15, 0.2) is 0 Å². The molecule has 0 aliphatic rings. The zero-order valence-corrected chi connectivity index (χ0v) is 7.35. The standard InChI is InChI=1S/C8H20N2/c1-4-5-10-6-8(9)7(2)3/h7-8,10H,4-6,9H2,1-3H3. The number of rotatable bonds is 5. The molecule has 3 N–H and O–H groups in total. The van der Waals surface area contributed by atoms with Crippen molar-refractivity contribution in [3.8, 4) is 0 Å². The molecule has 1 unspecified atom stereocenters. The van der Waals surface area contributed by atoms with Gasteiger partial charge in [0.1, 0.15) is 0 Å². The van der Waals surface area contributed by atoms with Crippen LogP contribution >= 0.6 is 0 Å². The molecular weight excluding hydrogens is 124 g/mol. The first-order valence-corrected chi connectivity index (χ1v) is 4.14. The SMILES string of the molecule is CCCNCC(N)C(C)C. The molecule has 0 amide bonds. The fraction of sp³-hybridized carbons (Fsp3) is 1.00. The lowest BCUT2D eigenvalue weighted by Gasteiger charge is -2.15. The molecule has 0 bridgehead atoms. The van der Waals surface area contributed by atoms with E-state index in [-0.39, 0.29) is 0 Å². The second-order valence-corrected chi connectivity index (χ2v) is 3.11. The highest BCUT2D eigenvalue weighted by Crippen LogP contribution is 1.95. The van der Waals surface area contributed by atoms with Crippen LogP contribution < -0.4 is 11.1 Å². The zero-order valence-electron chi connectivity index (χ0n) is 7.35. The maximum atomic E-state index is 5.79. The van der Waals surface area contributed by atoms with Gasteiger partial charge in [0.2, 0.25) is 0 Å². The van der Waals surface area contributed by atoms with Crippen molar-refractivity contribution in [3.63, 3.8) is 0 Å². The van der Waals surface area contributed by atoms with Crippen molar-refractivity contribution >= 4 is 0 Å². The van der Waals surface area contributed by atoms with Crippen LogP contribution in [0.1, 0.15) is 27.2 Å². The van der Waals surface area contributed by atoms with Crippen molar-refractivity contribution in [3.05, 3.63) is 0 Å². The van der Waals surface area contributed by atoms with Gasteiger partial charge in [-0.15, -0.1) is 0 Å². The van der Waals surface area contributed by atoms with Gasteiger partial charge in [-0.3, -0.25) is 0 Å². The van der Waals surface area contributed by atoms with E-state index >= 15 is 0 Å². The van der Waals surface area contributed by atoms with Crippen LogP contribution in [0.4, 0.5) is 0 Å². The molecule has 0 saturated heterocycles. The second kappa shape index (κ2) is 5.69. The summed E-state index contributed by atoms with van der Waals surface area (Å²) in [7, 11) is 0. The third-order valence-electron chi connectivity index (χ3n) is 1.66. The van der Waals surface area contributed by atoms with Gasteiger partial charge < -0.3 is 11.1 Å². The van der Waals surface area contributed by atoms with Crippen molar-refractivity contribution in [2.45, 2.75) is 33.2 Å². The molecule has 0 fully saturated rings. The fourth-order valence-electron chi connectivity index (χ4n) is 0.681. The molecule has 1 atom stereocenters. The van der Waals surface area contributed by atoms with Gasteiger partial charge >= 0.3 is 0 Å². The summed E-state index contributed by atoms with van der Waals surface area (Å²) < 4.78 is 0. The monoisotopic (exact) mass is 144 g/mol. The molecule has 0 aromatic heterocycles. The Morgan fingerprint density at radius 2 is 2.00 bits per heavy atom. The summed E-state index contributed by atoms with van der Waals surface area (Å²) in [5.74, 6) is 0.587. The van der Waals surface area contributed by atoms with Crippen molar-refractivity contribution in [1.82, 2.24) is 5.32 Å². The van der Waals surface area contributed by atoms with E-state index in [1.54, 1.807) is 0 Å². The van der Waals surface area contributed by atoms with Crippen LogP contribution in [0, 0.1) is 5.92 Å². The lowest BCUT2D eigenvalue weighted by Crippen LogP contribution is -2.38. The molecule has 10 heavy (non-hydrogen) atoms. The first-order chi connectivity index (χ1) is 4.68. The Hall–Kier alpha value is -0.0800. The minimum atomic E-state index is 0.312. The summed E-state index contributed by atoms with van der Waals surface area (Å²) in [6.45, 7) is 8.50. The summed E-state index contributed by atoms with van der Waals surface area (Å²) in [6, 6.07) is 0.312. The third kappa shape index (κ3) is 4.77. The average Bonchev–Trinajstić information content (AvgIpc) is 1.88.